The molecule has 1 aliphatic rings. The molecule has 0 spiro atoms. The van der Waals surface area contributed by atoms with Gasteiger partial charge in [-0.1, -0.05) is 30.3 Å². The zero-order valence-electron chi connectivity index (χ0n) is 21.8. The van der Waals surface area contributed by atoms with Crippen LogP contribution in [0.15, 0.2) is 83.7 Å². The first kappa shape index (κ1) is 25.6. The molecule has 1 unspecified atom stereocenters. The van der Waals surface area contributed by atoms with Crippen LogP contribution in [0.1, 0.15) is 43.0 Å². The highest BCUT2D eigenvalue weighted by atomic mass is 16.6. The number of nitrogens with zero attached hydrogens (tertiary/aromatic N) is 5. The second kappa shape index (κ2) is 10.5. The van der Waals surface area contributed by atoms with Crippen LogP contribution in [0, 0.1) is 0 Å². The molecular weight excluding hydrogens is 510 g/mol. The van der Waals surface area contributed by atoms with E-state index in [4.69, 9.17) is 9.15 Å². The lowest BCUT2D eigenvalue weighted by Crippen LogP contribution is -2.17. The lowest BCUT2D eigenvalue weighted by atomic mass is 10.0. The maximum Gasteiger partial charge on any atom is 0.251 e. The van der Waals surface area contributed by atoms with Gasteiger partial charge in [-0.15, -0.1) is 10.2 Å². The predicted octanol–water partition coefficient (Wildman–Crippen LogP) is 4.73. The van der Waals surface area contributed by atoms with Gasteiger partial charge in [0.2, 0.25) is 5.89 Å². The maximum absolute atomic E-state index is 10.2. The van der Waals surface area contributed by atoms with Gasteiger partial charge >= 0.3 is 0 Å². The fourth-order valence-corrected chi connectivity index (χ4v) is 4.61. The van der Waals surface area contributed by atoms with Crippen molar-refractivity contribution in [2.75, 3.05) is 17.2 Å². The molecule has 0 amide bonds. The van der Waals surface area contributed by atoms with Crippen LogP contribution in [-0.4, -0.2) is 42.0 Å². The Morgan fingerprint density at radius 3 is 2.58 bits per heavy atom. The van der Waals surface area contributed by atoms with E-state index in [1.807, 2.05) is 50.2 Å². The lowest BCUT2D eigenvalue weighted by molar-refractivity contribution is -0.158. The first-order chi connectivity index (χ1) is 19.4. The molecule has 0 bridgehead atoms. The van der Waals surface area contributed by atoms with Gasteiger partial charge in [0.15, 0.2) is 6.29 Å². The van der Waals surface area contributed by atoms with Crippen LogP contribution in [0.4, 0.5) is 17.3 Å². The number of ether oxygens (including phenoxy) is 1. The van der Waals surface area contributed by atoms with Gasteiger partial charge in [-0.25, -0.2) is 9.97 Å². The van der Waals surface area contributed by atoms with E-state index in [9.17, 15) is 10.2 Å². The molecule has 40 heavy (non-hydrogen) atoms. The number of pyridine rings is 3. The summed E-state index contributed by atoms with van der Waals surface area (Å²) < 4.78 is 11.6. The molecule has 1 aromatic carbocycles. The number of aromatic nitrogens is 5. The third kappa shape index (κ3) is 5.00. The molecule has 202 valence electrons. The molecule has 0 saturated carbocycles. The third-order valence-electron chi connectivity index (χ3n) is 6.61. The monoisotopic (exact) mass is 537 g/mol. The molecule has 0 fully saturated rings. The van der Waals surface area contributed by atoms with Gasteiger partial charge in [0.1, 0.15) is 17.2 Å². The highest BCUT2D eigenvalue weighted by molar-refractivity contribution is 5.76. The summed E-state index contributed by atoms with van der Waals surface area (Å²) in [6.45, 7) is 3.57. The Labute approximate surface area is 230 Å². The van der Waals surface area contributed by atoms with Crippen LogP contribution in [-0.2, 0) is 10.3 Å². The van der Waals surface area contributed by atoms with Gasteiger partial charge in [-0.2, -0.15) is 0 Å². The summed E-state index contributed by atoms with van der Waals surface area (Å²) in [6, 6.07) is 18.2. The molecule has 11 nitrogen and oxygen atoms in total. The van der Waals surface area contributed by atoms with Crippen LogP contribution in [0.5, 0.6) is 0 Å². The van der Waals surface area contributed by atoms with E-state index in [0.717, 1.165) is 5.56 Å². The molecule has 5 heterocycles. The van der Waals surface area contributed by atoms with Gasteiger partial charge in [0.05, 0.1) is 35.2 Å². The van der Waals surface area contributed by atoms with Crippen molar-refractivity contribution < 1.29 is 19.4 Å². The minimum absolute atomic E-state index is 0.150. The Bertz CT molecular complexity index is 1630. The average Bonchev–Trinajstić information content (AvgIpc) is 3.55. The number of hydrogen-bond donors (Lipinski definition) is 4. The van der Waals surface area contributed by atoms with Crippen molar-refractivity contribution in [2.24, 2.45) is 0 Å². The van der Waals surface area contributed by atoms with Gasteiger partial charge in [-0.3, -0.25) is 4.98 Å². The molecule has 2 atom stereocenters. The maximum atomic E-state index is 10.2. The molecule has 1 aliphatic heterocycles. The van der Waals surface area contributed by atoms with Crippen molar-refractivity contribution in [1.82, 2.24) is 25.1 Å². The summed E-state index contributed by atoms with van der Waals surface area (Å²) in [6.07, 6.45) is 3.92. The average molecular weight is 538 g/mol. The van der Waals surface area contributed by atoms with E-state index in [2.05, 4.69) is 35.8 Å². The Morgan fingerprint density at radius 2 is 1.80 bits per heavy atom. The minimum Gasteiger partial charge on any atom is -0.416 e. The van der Waals surface area contributed by atoms with Crippen LogP contribution in [0.2, 0.25) is 0 Å². The number of hydrogen-bond acceptors (Lipinski definition) is 11. The first-order valence-corrected chi connectivity index (χ1v) is 12.7. The second-order valence-electron chi connectivity index (χ2n) is 9.80. The highest BCUT2D eigenvalue weighted by Crippen LogP contribution is 2.41. The van der Waals surface area contributed by atoms with E-state index < -0.39 is 17.9 Å². The fourth-order valence-electron chi connectivity index (χ4n) is 4.61. The van der Waals surface area contributed by atoms with Gasteiger partial charge < -0.3 is 30.0 Å². The molecular formula is C29H27N7O4. The normalized spacial score (nSPS) is 16.4. The molecule has 0 saturated heterocycles. The van der Waals surface area contributed by atoms with E-state index in [-0.39, 0.29) is 12.5 Å². The zero-order chi connectivity index (χ0) is 27.7. The quantitative estimate of drug-likeness (QED) is 0.217. The summed E-state index contributed by atoms with van der Waals surface area (Å²) in [5, 5.41) is 35.5. The number of fused-ring (bicyclic) bond motifs is 1. The lowest BCUT2D eigenvalue weighted by Gasteiger charge is -2.20. The minimum atomic E-state index is -1.01. The Balaban J connectivity index is 1.36. The highest BCUT2D eigenvalue weighted by Gasteiger charge is 2.38. The van der Waals surface area contributed by atoms with Crippen LogP contribution in [0.25, 0.3) is 22.9 Å². The number of anilines is 3. The molecule has 0 radical (unpaired) electrons. The fraction of sp³-hybridized carbons (Fsp3) is 0.207. The standard InChI is InChI=1S/C29H27N7O4/c1-29(2)25-19(28(38)40-29)10-11-23(34-25)33-24-13-21(32-22(16-37)17-7-4-3-5-8-17)20(15-31-24)27-36-35-26(39-27)18-9-6-12-30-14-18/h3-15,22,28,37-38H,16H2,1-2H3,(H2,31,32,33,34)/t22-,28?/m1/s1. The summed E-state index contributed by atoms with van der Waals surface area (Å²) in [7, 11) is 0. The van der Waals surface area contributed by atoms with Crippen LogP contribution < -0.4 is 10.6 Å². The summed E-state index contributed by atoms with van der Waals surface area (Å²) in [5.41, 5.74) is 3.33. The molecule has 11 heteroatoms. The van der Waals surface area contributed by atoms with E-state index in [1.165, 1.54) is 0 Å². The van der Waals surface area contributed by atoms with Crippen LogP contribution in [0.3, 0.4) is 0 Å². The van der Waals surface area contributed by atoms with E-state index in [1.54, 1.807) is 42.9 Å². The Morgan fingerprint density at radius 1 is 0.975 bits per heavy atom. The summed E-state index contributed by atoms with van der Waals surface area (Å²) >= 11 is 0. The zero-order valence-corrected chi connectivity index (χ0v) is 21.8. The summed E-state index contributed by atoms with van der Waals surface area (Å²) in [4.78, 5) is 13.4. The van der Waals surface area contributed by atoms with Crippen molar-refractivity contribution >= 4 is 17.3 Å². The molecule has 4 N–H and O–H groups in total. The summed E-state index contributed by atoms with van der Waals surface area (Å²) in [5.74, 6) is 1.61. The van der Waals surface area contributed by atoms with E-state index in [0.29, 0.717) is 45.6 Å². The molecule has 5 aromatic rings. The predicted molar refractivity (Wildman–Crippen MR) is 147 cm³/mol. The van der Waals surface area contributed by atoms with Crippen molar-refractivity contribution in [3.8, 4) is 22.9 Å². The number of nitrogens with one attached hydrogen (secondary N) is 2. The van der Waals surface area contributed by atoms with Crippen molar-refractivity contribution in [3.05, 3.63) is 96.1 Å². The number of aliphatic hydroxyl groups is 2. The number of aliphatic hydroxyl groups excluding tert-OH is 2. The largest absolute Gasteiger partial charge is 0.416 e. The second-order valence-corrected chi connectivity index (χ2v) is 9.80. The molecule has 6 rings (SSSR count). The van der Waals surface area contributed by atoms with Crippen molar-refractivity contribution in [1.29, 1.82) is 0 Å². The third-order valence-corrected chi connectivity index (χ3v) is 6.61. The van der Waals surface area contributed by atoms with Gasteiger partial charge in [0.25, 0.3) is 5.89 Å². The molecule has 4 aromatic heterocycles. The number of rotatable bonds is 8. The van der Waals surface area contributed by atoms with Gasteiger partial charge in [0, 0.05) is 30.2 Å². The molecule has 0 aliphatic carbocycles. The Hall–Kier alpha value is -4.71. The van der Waals surface area contributed by atoms with Crippen molar-refractivity contribution in [3.63, 3.8) is 0 Å². The van der Waals surface area contributed by atoms with Crippen molar-refractivity contribution in [2.45, 2.75) is 31.8 Å². The topological polar surface area (TPSA) is 151 Å². The number of benzene rings is 1. The van der Waals surface area contributed by atoms with Gasteiger partial charge in [-0.05, 0) is 43.7 Å². The Kier molecular flexibility index (Phi) is 6.68. The smallest absolute Gasteiger partial charge is 0.251 e. The SMILES string of the molecule is CC1(C)OC(O)c2ccc(Nc3cc(N[C@H](CO)c4ccccc4)c(-c4nnc(-c5cccnc5)o4)cn3)nc21. The van der Waals surface area contributed by atoms with Crippen LogP contribution >= 0.6 is 0 Å². The first-order valence-electron chi connectivity index (χ1n) is 12.7. The van der Waals surface area contributed by atoms with E-state index >= 15 is 0 Å².